The summed E-state index contributed by atoms with van der Waals surface area (Å²) < 4.78 is 5.60. The van der Waals surface area contributed by atoms with Gasteiger partial charge in [0, 0.05) is 18.8 Å². The number of aromatic nitrogens is 1. The summed E-state index contributed by atoms with van der Waals surface area (Å²) in [5, 5.41) is 2.81. The highest BCUT2D eigenvalue weighted by Crippen LogP contribution is 2.18. The number of benzene rings is 1. The first-order chi connectivity index (χ1) is 13.5. The van der Waals surface area contributed by atoms with Crippen molar-refractivity contribution in [1.82, 2.24) is 9.88 Å². The largest absolute Gasteiger partial charge is 0.491 e. The average molecular weight is 381 g/mol. The van der Waals surface area contributed by atoms with E-state index in [0.29, 0.717) is 11.4 Å². The van der Waals surface area contributed by atoms with E-state index in [2.05, 4.69) is 10.3 Å². The lowest BCUT2D eigenvalue weighted by molar-refractivity contribution is 0.0755. The minimum Gasteiger partial charge on any atom is -0.491 e. The standard InChI is InChI=1S/C22H27N3O3/c1-16(2)28-18-12-10-17(11-13-18)23-21(26)19-8-7-9-20(24-19)22(27)25-14-5-3-4-6-15-25/h7-13,16H,3-6,14-15H2,1-2H3,(H,23,26). The third-order valence-corrected chi connectivity index (χ3v) is 4.58. The fourth-order valence-corrected chi connectivity index (χ4v) is 3.20. The van der Waals surface area contributed by atoms with Crippen LogP contribution >= 0.6 is 0 Å². The minimum absolute atomic E-state index is 0.0918. The highest BCUT2D eigenvalue weighted by Gasteiger charge is 2.19. The van der Waals surface area contributed by atoms with E-state index in [1.807, 2.05) is 30.9 Å². The van der Waals surface area contributed by atoms with Crippen molar-refractivity contribution in [2.75, 3.05) is 18.4 Å². The summed E-state index contributed by atoms with van der Waals surface area (Å²) in [7, 11) is 0. The molecule has 1 aromatic heterocycles. The second kappa shape index (κ2) is 9.35. The highest BCUT2D eigenvalue weighted by molar-refractivity contribution is 6.03. The number of rotatable bonds is 5. The van der Waals surface area contributed by atoms with Crippen molar-refractivity contribution in [1.29, 1.82) is 0 Å². The van der Waals surface area contributed by atoms with E-state index in [4.69, 9.17) is 4.74 Å². The molecule has 148 valence electrons. The molecule has 1 aliphatic rings. The molecule has 2 amide bonds. The van der Waals surface area contributed by atoms with Crippen LogP contribution in [0.5, 0.6) is 5.75 Å². The van der Waals surface area contributed by atoms with E-state index in [1.54, 1.807) is 30.3 Å². The molecule has 0 atom stereocenters. The smallest absolute Gasteiger partial charge is 0.274 e. The van der Waals surface area contributed by atoms with E-state index in [-0.39, 0.29) is 23.6 Å². The lowest BCUT2D eigenvalue weighted by atomic mass is 10.2. The Morgan fingerprint density at radius 2 is 1.61 bits per heavy atom. The molecule has 0 bridgehead atoms. The maximum atomic E-state index is 12.7. The summed E-state index contributed by atoms with van der Waals surface area (Å²) >= 11 is 0. The first-order valence-electron chi connectivity index (χ1n) is 9.87. The third kappa shape index (κ3) is 5.31. The van der Waals surface area contributed by atoms with Crippen LogP contribution < -0.4 is 10.1 Å². The molecule has 2 aromatic rings. The van der Waals surface area contributed by atoms with Crippen LogP contribution in [-0.4, -0.2) is 40.9 Å². The molecule has 1 N–H and O–H groups in total. The molecule has 6 nitrogen and oxygen atoms in total. The molecule has 0 saturated carbocycles. The summed E-state index contributed by atoms with van der Waals surface area (Å²) in [4.78, 5) is 31.4. The molecule has 0 aliphatic carbocycles. The summed E-state index contributed by atoms with van der Waals surface area (Å²) in [6, 6.07) is 12.2. The molecule has 1 aromatic carbocycles. The van der Waals surface area contributed by atoms with Gasteiger partial charge in [-0.1, -0.05) is 18.9 Å². The van der Waals surface area contributed by atoms with E-state index in [1.165, 1.54) is 0 Å². The number of hydrogen-bond acceptors (Lipinski definition) is 4. The van der Waals surface area contributed by atoms with Gasteiger partial charge in [-0.3, -0.25) is 9.59 Å². The number of nitrogens with zero attached hydrogens (tertiary/aromatic N) is 2. The zero-order valence-corrected chi connectivity index (χ0v) is 16.5. The van der Waals surface area contributed by atoms with E-state index >= 15 is 0 Å². The number of hydrogen-bond donors (Lipinski definition) is 1. The van der Waals surface area contributed by atoms with Crippen molar-refractivity contribution in [3.05, 3.63) is 53.9 Å². The van der Waals surface area contributed by atoms with Crippen LogP contribution in [0, 0.1) is 0 Å². The molecule has 6 heteroatoms. The van der Waals surface area contributed by atoms with E-state index < -0.39 is 0 Å². The van der Waals surface area contributed by atoms with Crippen LogP contribution in [0.25, 0.3) is 0 Å². The summed E-state index contributed by atoms with van der Waals surface area (Å²) in [6.07, 6.45) is 4.43. The normalized spacial score (nSPS) is 14.5. The number of anilines is 1. The monoisotopic (exact) mass is 381 g/mol. The molecule has 2 heterocycles. The quantitative estimate of drug-likeness (QED) is 0.845. The van der Waals surface area contributed by atoms with Gasteiger partial charge < -0.3 is 15.0 Å². The van der Waals surface area contributed by atoms with Gasteiger partial charge >= 0.3 is 0 Å². The molecule has 1 aliphatic heterocycles. The zero-order valence-electron chi connectivity index (χ0n) is 16.5. The van der Waals surface area contributed by atoms with Crippen LogP contribution in [-0.2, 0) is 0 Å². The Morgan fingerprint density at radius 3 is 2.25 bits per heavy atom. The van der Waals surface area contributed by atoms with Gasteiger partial charge in [-0.15, -0.1) is 0 Å². The summed E-state index contributed by atoms with van der Waals surface area (Å²) in [5.41, 5.74) is 1.19. The Morgan fingerprint density at radius 1 is 0.964 bits per heavy atom. The summed E-state index contributed by atoms with van der Waals surface area (Å²) in [6.45, 7) is 5.42. The van der Waals surface area contributed by atoms with E-state index in [9.17, 15) is 9.59 Å². The van der Waals surface area contributed by atoms with Crippen molar-refractivity contribution in [2.45, 2.75) is 45.6 Å². The number of amides is 2. The zero-order chi connectivity index (χ0) is 19.9. The van der Waals surface area contributed by atoms with Gasteiger partial charge in [-0.2, -0.15) is 0 Å². The molecule has 0 spiro atoms. The fourth-order valence-electron chi connectivity index (χ4n) is 3.20. The predicted octanol–water partition coefficient (Wildman–Crippen LogP) is 4.14. The van der Waals surface area contributed by atoms with Crippen LogP contribution in [0.3, 0.4) is 0 Å². The number of likely N-dealkylation sites (tertiary alicyclic amines) is 1. The third-order valence-electron chi connectivity index (χ3n) is 4.58. The predicted molar refractivity (Wildman–Crippen MR) is 109 cm³/mol. The highest BCUT2D eigenvalue weighted by atomic mass is 16.5. The van der Waals surface area contributed by atoms with Crippen molar-refractivity contribution < 1.29 is 14.3 Å². The summed E-state index contributed by atoms with van der Waals surface area (Å²) in [5.74, 6) is 0.297. The van der Waals surface area contributed by atoms with E-state index in [0.717, 1.165) is 44.5 Å². The Labute approximate surface area is 165 Å². The molecule has 1 saturated heterocycles. The maximum absolute atomic E-state index is 12.7. The molecule has 28 heavy (non-hydrogen) atoms. The van der Waals surface area contributed by atoms with Gasteiger partial charge in [0.25, 0.3) is 11.8 Å². The van der Waals surface area contributed by atoms with Crippen LogP contribution in [0.4, 0.5) is 5.69 Å². The minimum atomic E-state index is -0.344. The maximum Gasteiger partial charge on any atom is 0.274 e. The molecular weight excluding hydrogens is 354 g/mol. The Hall–Kier alpha value is -2.89. The van der Waals surface area contributed by atoms with Crippen LogP contribution in [0.1, 0.15) is 60.5 Å². The lowest BCUT2D eigenvalue weighted by Gasteiger charge is -2.19. The second-order valence-electron chi connectivity index (χ2n) is 7.26. The Kier molecular flexibility index (Phi) is 6.63. The molecule has 3 rings (SSSR count). The second-order valence-corrected chi connectivity index (χ2v) is 7.26. The van der Waals surface area contributed by atoms with Gasteiger partial charge in [-0.25, -0.2) is 4.98 Å². The number of pyridine rings is 1. The molecular formula is C22H27N3O3. The molecule has 0 radical (unpaired) electrons. The molecule has 1 fully saturated rings. The average Bonchev–Trinajstić information content (AvgIpc) is 2.98. The number of ether oxygens (including phenoxy) is 1. The number of carbonyl (C=O) groups is 2. The van der Waals surface area contributed by atoms with Gasteiger partial charge in [0.05, 0.1) is 6.10 Å². The first-order valence-corrected chi connectivity index (χ1v) is 9.87. The topological polar surface area (TPSA) is 71.5 Å². The van der Waals surface area contributed by atoms with Crippen molar-refractivity contribution in [3.8, 4) is 5.75 Å². The van der Waals surface area contributed by atoms with Gasteiger partial charge in [-0.05, 0) is 63.1 Å². The Bertz CT molecular complexity index is 810. The van der Waals surface area contributed by atoms with Crippen molar-refractivity contribution in [3.63, 3.8) is 0 Å². The van der Waals surface area contributed by atoms with Gasteiger partial charge in [0.1, 0.15) is 17.1 Å². The van der Waals surface area contributed by atoms with Crippen LogP contribution in [0.2, 0.25) is 0 Å². The number of nitrogens with one attached hydrogen (secondary N) is 1. The van der Waals surface area contributed by atoms with Gasteiger partial charge in [0.15, 0.2) is 0 Å². The van der Waals surface area contributed by atoms with Crippen molar-refractivity contribution in [2.24, 2.45) is 0 Å². The first kappa shape index (κ1) is 19.9. The Balaban J connectivity index is 1.67. The van der Waals surface area contributed by atoms with Crippen molar-refractivity contribution >= 4 is 17.5 Å². The number of carbonyl (C=O) groups excluding carboxylic acids is 2. The van der Waals surface area contributed by atoms with Gasteiger partial charge in [0.2, 0.25) is 0 Å². The fraction of sp³-hybridized carbons (Fsp3) is 0.409. The van der Waals surface area contributed by atoms with Crippen LogP contribution in [0.15, 0.2) is 42.5 Å². The SMILES string of the molecule is CC(C)Oc1ccc(NC(=O)c2cccc(C(=O)N3CCCCCC3)n2)cc1. The molecule has 0 unspecified atom stereocenters. The lowest BCUT2D eigenvalue weighted by Crippen LogP contribution is -2.32.